The van der Waals surface area contributed by atoms with Crippen LogP contribution in [0.4, 0.5) is 0 Å². The highest BCUT2D eigenvalue weighted by Gasteiger charge is 2.23. The second-order valence-corrected chi connectivity index (χ2v) is 6.44. The van der Waals surface area contributed by atoms with Crippen LogP contribution in [-0.4, -0.2) is 67.8 Å². The summed E-state index contributed by atoms with van der Waals surface area (Å²) in [5.74, 6) is 0.759. The first-order valence-corrected chi connectivity index (χ1v) is 8.42. The molecule has 23 heavy (non-hydrogen) atoms. The molecule has 0 amide bonds. The number of morpholine rings is 1. The number of aliphatic hydroxyl groups excluding tert-OH is 1. The lowest BCUT2D eigenvalue weighted by Gasteiger charge is -2.36. The fraction of sp³-hybridized carbons (Fsp3) is 0.647. The molecule has 1 aliphatic rings. The lowest BCUT2D eigenvalue weighted by molar-refractivity contribution is -0.0824. The molecule has 0 unspecified atom stereocenters. The van der Waals surface area contributed by atoms with Crippen LogP contribution in [0.5, 0.6) is 5.75 Å². The molecule has 1 fully saturated rings. The third-order valence-corrected chi connectivity index (χ3v) is 3.84. The van der Waals surface area contributed by atoms with Gasteiger partial charge in [-0.05, 0) is 38.1 Å². The Morgan fingerprint density at radius 1 is 1.22 bits per heavy atom. The summed E-state index contributed by atoms with van der Waals surface area (Å²) in [6, 6.07) is 7.20. The van der Waals surface area contributed by atoms with Crippen LogP contribution in [0.3, 0.4) is 0 Å². The molecule has 1 aromatic carbocycles. The summed E-state index contributed by atoms with van der Waals surface area (Å²) < 4.78 is 16.7. The summed E-state index contributed by atoms with van der Waals surface area (Å²) in [6.07, 6.45) is -0.0812. The van der Waals surface area contributed by atoms with Crippen LogP contribution in [0.1, 0.15) is 13.8 Å². The van der Waals surface area contributed by atoms with Crippen molar-refractivity contribution in [1.82, 2.24) is 4.90 Å². The first-order chi connectivity index (χ1) is 11.0. The van der Waals surface area contributed by atoms with Gasteiger partial charge in [0.15, 0.2) is 0 Å². The number of nitrogens with zero attached hydrogens (tertiary/aromatic N) is 1. The smallest absolute Gasteiger partial charge is 0.119 e. The van der Waals surface area contributed by atoms with Crippen molar-refractivity contribution < 1.29 is 19.3 Å². The van der Waals surface area contributed by atoms with E-state index in [1.54, 1.807) is 12.1 Å². The largest absolute Gasteiger partial charge is 0.491 e. The number of hydrogen-bond donors (Lipinski definition) is 1. The van der Waals surface area contributed by atoms with Crippen LogP contribution in [0.2, 0.25) is 5.02 Å². The summed E-state index contributed by atoms with van der Waals surface area (Å²) in [5, 5.41) is 10.7. The van der Waals surface area contributed by atoms with Gasteiger partial charge in [-0.3, -0.25) is 4.90 Å². The summed E-state index contributed by atoms with van der Waals surface area (Å²) in [7, 11) is 0. The summed E-state index contributed by atoms with van der Waals surface area (Å²) in [4.78, 5) is 2.22. The van der Waals surface area contributed by atoms with Crippen LogP contribution in [0.15, 0.2) is 24.3 Å². The first-order valence-electron chi connectivity index (χ1n) is 8.05. The Hall–Kier alpha value is -0.850. The average Bonchev–Trinajstić information content (AvgIpc) is 2.47. The molecule has 1 N–H and O–H groups in total. The highest BCUT2D eigenvalue weighted by molar-refractivity contribution is 6.30. The molecule has 1 aromatic rings. The van der Waals surface area contributed by atoms with Crippen molar-refractivity contribution in [2.24, 2.45) is 0 Å². The normalized spacial score (nSPS) is 23.7. The molecule has 0 aromatic heterocycles. The van der Waals surface area contributed by atoms with Gasteiger partial charge in [-0.1, -0.05) is 11.6 Å². The van der Waals surface area contributed by atoms with Gasteiger partial charge >= 0.3 is 0 Å². The minimum Gasteiger partial charge on any atom is -0.491 e. The molecule has 0 radical (unpaired) electrons. The first kappa shape index (κ1) is 18.5. The van der Waals surface area contributed by atoms with Gasteiger partial charge in [-0.15, -0.1) is 0 Å². The molecule has 0 spiro atoms. The van der Waals surface area contributed by atoms with Gasteiger partial charge in [0.25, 0.3) is 0 Å². The lowest BCUT2D eigenvalue weighted by Crippen LogP contribution is -2.48. The molecule has 1 aliphatic heterocycles. The van der Waals surface area contributed by atoms with Crippen molar-refractivity contribution in [2.75, 3.05) is 39.5 Å². The van der Waals surface area contributed by atoms with Crippen molar-refractivity contribution in [3.05, 3.63) is 29.3 Å². The van der Waals surface area contributed by atoms with Crippen LogP contribution >= 0.6 is 11.6 Å². The second-order valence-electron chi connectivity index (χ2n) is 6.01. The minimum atomic E-state index is -0.497. The maximum absolute atomic E-state index is 10.1. The third-order valence-electron chi connectivity index (χ3n) is 3.58. The quantitative estimate of drug-likeness (QED) is 0.733. The predicted molar refractivity (Wildman–Crippen MR) is 90.2 cm³/mol. The molecule has 2 rings (SSSR count). The fourth-order valence-corrected chi connectivity index (χ4v) is 2.88. The van der Waals surface area contributed by atoms with E-state index in [4.69, 9.17) is 25.8 Å². The van der Waals surface area contributed by atoms with Crippen LogP contribution in [-0.2, 0) is 9.47 Å². The van der Waals surface area contributed by atoms with Crippen molar-refractivity contribution in [3.8, 4) is 5.75 Å². The SMILES string of the molecule is C[C@@H]1CN(C[C@H](O)COCCOc2ccc(Cl)cc2)C[C@H](C)O1. The summed E-state index contributed by atoms with van der Waals surface area (Å²) >= 11 is 5.81. The van der Waals surface area contributed by atoms with Crippen molar-refractivity contribution in [1.29, 1.82) is 0 Å². The maximum Gasteiger partial charge on any atom is 0.119 e. The monoisotopic (exact) mass is 343 g/mol. The van der Waals surface area contributed by atoms with Gasteiger partial charge in [0.05, 0.1) is 31.5 Å². The third kappa shape index (κ3) is 7.06. The van der Waals surface area contributed by atoms with E-state index in [9.17, 15) is 5.11 Å². The number of halogens is 1. The Kier molecular flexibility index (Phi) is 7.59. The molecule has 3 atom stereocenters. The number of benzene rings is 1. The van der Waals surface area contributed by atoms with Crippen LogP contribution < -0.4 is 4.74 Å². The number of ether oxygens (including phenoxy) is 3. The Bertz CT molecular complexity index is 446. The van der Waals surface area contributed by atoms with E-state index in [0.29, 0.717) is 31.4 Å². The molecule has 6 heteroatoms. The van der Waals surface area contributed by atoms with E-state index in [-0.39, 0.29) is 12.2 Å². The van der Waals surface area contributed by atoms with Crippen molar-refractivity contribution >= 4 is 11.6 Å². The molecule has 5 nitrogen and oxygen atoms in total. The molecular formula is C17H26ClNO4. The fourth-order valence-electron chi connectivity index (χ4n) is 2.75. The van der Waals surface area contributed by atoms with E-state index < -0.39 is 6.10 Å². The number of β-amino-alcohol motifs (C(OH)–C–C–N with tert-alkyl or cyclic N) is 1. The number of hydrogen-bond acceptors (Lipinski definition) is 5. The highest BCUT2D eigenvalue weighted by Crippen LogP contribution is 2.15. The Morgan fingerprint density at radius 2 is 1.87 bits per heavy atom. The Morgan fingerprint density at radius 3 is 2.52 bits per heavy atom. The average molecular weight is 344 g/mol. The van der Waals surface area contributed by atoms with Gasteiger partial charge in [-0.2, -0.15) is 0 Å². The molecule has 1 saturated heterocycles. The Labute approximate surface area is 143 Å². The topological polar surface area (TPSA) is 51.2 Å². The van der Waals surface area contributed by atoms with Crippen LogP contribution in [0, 0.1) is 0 Å². The van der Waals surface area contributed by atoms with E-state index >= 15 is 0 Å². The highest BCUT2D eigenvalue weighted by atomic mass is 35.5. The Balaban J connectivity index is 1.56. The molecule has 130 valence electrons. The standard InChI is InChI=1S/C17H26ClNO4/c1-13-9-19(10-14(2)23-13)11-16(20)12-21-7-8-22-17-5-3-15(18)4-6-17/h3-6,13-14,16,20H,7-12H2,1-2H3/t13-,14+,16-/m0/s1. The molecule has 0 bridgehead atoms. The minimum absolute atomic E-state index is 0.208. The van der Waals surface area contributed by atoms with E-state index in [0.717, 1.165) is 18.8 Å². The number of rotatable bonds is 8. The predicted octanol–water partition coefficient (Wildman–Crippen LogP) is 2.21. The van der Waals surface area contributed by atoms with Gasteiger partial charge < -0.3 is 19.3 Å². The summed E-state index contributed by atoms with van der Waals surface area (Å²) in [6.45, 7) is 7.61. The zero-order valence-corrected chi connectivity index (χ0v) is 14.5. The second kappa shape index (κ2) is 9.45. The van der Waals surface area contributed by atoms with Crippen molar-refractivity contribution in [2.45, 2.75) is 32.2 Å². The maximum atomic E-state index is 10.1. The summed E-state index contributed by atoms with van der Waals surface area (Å²) in [5.41, 5.74) is 0. The molecule has 1 heterocycles. The van der Waals surface area contributed by atoms with Crippen molar-refractivity contribution in [3.63, 3.8) is 0 Å². The molecule has 0 saturated carbocycles. The zero-order chi connectivity index (χ0) is 16.7. The van der Waals surface area contributed by atoms with Gasteiger partial charge in [0.1, 0.15) is 12.4 Å². The van der Waals surface area contributed by atoms with Gasteiger partial charge in [0, 0.05) is 24.7 Å². The van der Waals surface area contributed by atoms with E-state index in [1.165, 1.54) is 0 Å². The molecular weight excluding hydrogens is 318 g/mol. The van der Waals surface area contributed by atoms with Gasteiger partial charge in [-0.25, -0.2) is 0 Å². The van der Waals surface area contributed by atoms with E-state index in [1.807, 2.05) is 12.1 Å². The zero-order valence-electron chi connectivity index (χ0n) is 13.8. The van der Waals surface area contributed by atoms with E-state index in [2.05, 4.69) is 18.7 Å². The lowest BCUT2D eigenvalue weighted by atomic mass is 10.2. The van der Waals surface area contributed by atoms with Gasteiger partial charge in [0.2, 0.25) is 0 Å². The molecule has 0 aliphatic carbocycles. The number of aliphatic hydroxyl groups is 1. The van der Waals surface area contributed by atoms with Crippen LogP contribution in [0.25, 0.3) is 0 Å².